The van der Waals surface area contributed by atoms with Crippen LogP contribution >= 0.6 is 12.2 Å². The number of anilines is 1. The zero-order valence-electron chi connectivity index (χ0n) is 10.9. The maximum atomic E-state index is 5.58. The normalized spacial score (nSPS) is 12.2. The van der Waals surface area contributed by atoms with Crippen LogP contribution in [0.5, 0.6) is 0 Å². The molecule has 0 aliphatic heterocycles. The summed E-state index contributed by atoms with van der Waals surface area (Å²) in [6.07, 6.45) is 2.81. The van der Waals surface area contributed by atoms with Gasteiger partial charge in [0, 0.05) is 18.2 Å². The molecule has 3 heteroatoms. The second kappa shape index (κ2) is 6.60. The van der Waals surface area contributed by atoms with Crippen molar-refractivity contribution in [3.63, 3.8) is 0 Å². The van der Waals surface area contributed by atoms with Crippen molar-refractivity contribution in [2.24, 2.45) is 5.73 Å². The van der Waals surface area contributed by atoms with E-state index in [1.807, 2.05) is 0 Å². The third kappa shape index (κ3) is 4.00. The Hall–Kier alpha value is -1.09. The maximum absolute atomic E-state index is 5.58. The molecule has 17 heavy (non-hydrogen) atoms. The van der Waals surface area contributed by atoms with Crippen molar-refractivity contribution >= 4 is 22.9 Å². The predicted octanol–water partition coefficient (Wildman–Crippen LogP) is 3.29. The smallest absolute Gasteiger partial charge is 0.0747 e. The highest BCUT2D eigenvalue weighted by Crippen LogP contribution is 2.23. The summed E-state index contributed by atoms with van der Waals surface area (Å²) in [6, 6.07) is 6.76. The average molecular weight is 250 g/mol. The third-order valence-electron chi connectivity index (χ3n) is 2.90. The van der Waals surface area contributed by atoms with Gasteiger partial charge < -0.3 is 11.1 Å². The lowest BCUT2D eigenvalue weighted by molar-refractivity contribution is 0.832. The number of nitrogens with two attached hydrogens (primary N) is 1. The van der Waals surface area contributed by atoms with Gasteiger partial charge in [-0.05, 0) is 30.9 Å². The second-order valence-corrected chi connectivity index (χ2v) is 4.90. The first-order valence-corrected chi connectivity index (χ1v) is 6.64. The van der Waals surface area contributed by atoms with E-state index in [0.717, 1.165) is 19.3 Å². The van der Waals surface area contributed by atoms with Crippen molar-refractivity contribution in [3.8, 4) is 0 Å². The van der Waals surface area contributed by atoms with Crippen LogP contribution in [-0.4, -0.2) is 11.0 Å². The standard InChI is InChI=1S/C14H22N2S/c1-4-11-7-6-8-12(5-2)14(11)16-10(3)9-13(15)17/h6-8,10,16H,4-5,9H2,1-3H3,(H2,15,17). The zero-order valence-corrected chi connectivity index (χ0v) is 11.7. The van der Waals surface area contributed by atoms with Gasteiger partial charge in [-0.2, -0.15) is 0 Å². The van der Waals surface area contributed by atoms with Gasteiger partial charge in [0.2, 0.25) is 0 Å². The Kier molecular flexibility index (Phi) is 5.42. The number of hydrogen-bond acceptors (Lipinski definition) is 2. The molecule has 1 aromatic rings. The minimum Gasteiger partial charge on any atom is -0.393 e. The van der Waals surface area contributed by atoms with Gasteiger partial charge in [0.15, 0.2) is 0 Å². The molecule has 1 atom stereocenters. The molecule has 1 rings (SSSR count). The first-order chi connectivity index (χ1) is 8.08. The minimum atomic E-state index is 0.283. The van der Waals surface area contributed by atoms with Crippen molar-refractivity contribution in [2.75, 3.05) is 5.32 Å². The van der Waals surface area contributed by atoms with Crippen LogP contribution in [0.2, 0.25) is 0 Å². The van der Waals surface area contributed by atoms with Gasteiger partial charge in [0.05, 0.1) is 4.99 Å². The number of benzene rings is 1. The molecule has 0 radical (unpaired) electrons. The Morgan fingerprint density at radius 2 is 1.82 bits per heavy atom. The van der Waals surface area contributed by atoms with E-state index in [4.69, 9.17) is 18.0 Å². The van der Waals surface area contributed by atoms with E-state index >= 15 is 0 Å². The summed E-state index contributed by atoms with van der Waals surface area (Å²) < 4.78 is 0. The summed E-state index contributed by atoms with van der Waals surface area (Å²) in [5.74, 6) is 0. The molecule has 0 saturated carbocycles. The van der Waals surface area contributed by atoms with E-state index in [9.17, 15) is 0 Å². The highest BCUT2D eigenvalue weighted by Gasteiger charge is 2.09. The van der Waals surface area contributed by atoms with Crippen LogP contribution in [0.3, 0.4) is 0 Å². The SMILES string of the molecule is CCc1cccc(CC)c1NC(C)CC(N)=S. The molecule has 0 aliphatic rings. The van der Waals surface area contributed by atoms with Crippen molar-refractivity contribution in [1.29, 1.82) is 0 Å². The Labute approximate surface area is 110 Å². The number of para-hydroxylation sites is 1. The van der Waals surface area contributed by atoms with E-state index in [1.54, 1.807) is 0 Å². The van der Waals surface area contributed by atoms with Crippen LogP contribution in [-0.2, 0) is 12.8 Å². The first kappa shape index (κ1) is 14.0. The average Bonchev–Trinajstić information content (AvgIpc) is 2.28. The van der Waals surface area contributed by atoms with E-state index in [-0.39, 0.29) is 6.04 Å². The van der Waals surface area contributed by atoms with Crippen molar-refractivity contribution < 1.29 is 0 Å². The van der Waals surface area contributed by atoms with Gasteiger partial charge in [-0.1, -0.05) is 44.3 Å². The van der Waals surface area contributed by atoms with E-state index in [0.29, 0.717) is 4.99 Å². The maximum Gasteiger partial charge on any atom is 0.0747 e. The quantitative estimate of drug-likeness (QED) is 0.761. The number of hydrogen-bond donors (Lipinski definition) is 2. The summed E-state index contributed by atoms with van der Waals surface area (Å²) >= 11 is 4.95. The Bertz CT molecular complexity index is 366. The van der Waals surface area contributed by atoms with Crippen LogP contribution in [0.15, 0.2) is 18.2 Å². The molecule has 3 N–H and O–H groups in total. The van der Waals surface area contributed by atoms with Gasteiger partial charge in [-0.15, -0.1) is 0 Å². The van der Waals surface area contributed by atoms with Crippen LogP contribution in [0.4, 0.5) is 5.69 Å². The molecule has 0 aromatic heterocycles. The van der Waals surface area contributed by atoms with Gasteiger partial charge in [-0.25, -0.2) is 0 Å². The van der Waals surface area contributed by atoms with Gasteiger partial charge >= 0.3 is 0 Å². The van der Waals surface area contributed by atoms with Crippen molar-refractivity contribution in [2.45, 2.75) is 46.1 Å². The number of thiocarbonyl (C=S) groups is 1. The van der Waals surface area contributed by atoms with E-state index in [2.05, 4.69) is 44.3 Å². The highest BCUT2D eigenvalue weighted by atomic mass is 32.1. The molecule has 0 saturated heterocycles. The van der Waals surface area contributed by atoms with Gasteiger partial charge in [0.25, 0.3) is 0 Å². The summed E-state index contributed by atoms with van der Waals surface area (Å²) in [4.78, 5) is 0.567. The Morgan fingerprint density at radius 1 is 1.29 bits per heavy atom. The lowest BCUT2D eigenvalue weighted by Gasteiger charge is -2.20. The number of nitrogens with one attached hydrogen (secondary N) is 1. The topological polar surface area (TPSA) is 38.0 Å². The molecule has 0 fully saturated rings. The van der Waals surface area contributed by atoms with Crippen molar-refractivity contribution in [1.82, 2.24) is 0 Å². The molecular weight excluding hydrogens is 228 g/mol. The molecule has 0 spiro atoms. The van der Waals surface area contributed by atoms with Gasteiger partial charge in [0.1, 0.15) is 0 Å². The fourth-order valence-corrected chi connectivity index (χ4v) is 2.28. The van der Waals surface area contributed by atoms with Gasteiger partial charge in [-0.3, -0.25) is 0 Å². The predicted molar refractivity (Wildman–Crippen MR) is 79.7 cm³/mol. The molecule has 0 heterocycles. The molecule has 0 amide bonds. The highest BCUT2D eigenvalue weighted by molar-refractivity contribution is 7.80. The summed E-state index contributed by atoms with van der Waals surface area (Å²) in [5.41, 5.74) is 9.57. The molecule has 1 aromatic carbocycles. The van der Waals surface area contributed by atoms with Crippen LogP contribution in [0, 0.1) is 0 Å². The Balaban J connectivity index is 2.90. The molecular formula is C14H22N2S. The van der Waals surface area contributed by atoms with Crippen LogP contribution in [0.1, 0.15) is 38.3 Å². The lowest BCUT2D eigenvalue weighted by Crippen LogP contribution is -2.24. The molecule has 0 aliphatic carbocycles. The minimum absolute atomic E-state index is 0.283. The summed E-state index contributed by atoms with van der Waals surface area (Å²) in [7, 11) is 0. The van der Waals surface area contributed by atoms with Crippen molar-refractivity contribution in [3.05, 3.63) is 29.3 Å². The largest absolute Gasteiger partial charge is 0.393 e. The first-order valence-electron chi connectivity index (χ1n) is 6.24. The molecule has 0 bridgehead atoms. The molecule has 94 valence electrons. The Morgan fingerprint density at radius 3 is 2.24 bits per heavy atom. The fraction of sp³-hybridized carbons (Fsp3) is 0.500. The zero-order chi connectivity index (χ0) is 12.8. The number of aryl methyl sites for hydroxylation is 2. The van der Waals surface area contributed by atoms with E-state index in [1.165, 1.54) is 16.8 Å². The van der Waals surface area contributed by atoms with Crippen LogP contribution < -0.4 is 11.1 Å². The lowest BCUT2D eigenvalue weighted by atomic mass is 10.0. The summed E-state index contributed by atoms with van der Waals surface area (Å²) in [5, 5.41) is 3.54. The second-order valence-electron chi connectivity index (χ2n) is 4.37. The van der Waals surface area contributed by atoms with E-state index < -0.39 is 0 Å². The molecule has 2 nitrogen and oxygen atoms in total. The monoisotopic (exact) mass is 250 g/mol. The number of rotatable bonds is 6. The molecule has 1 unspecified atom stereocenters. The van der Waals surface area contributed by atoms with Crippen LogP contribution in [0.25, 0.3) is 0 Å². The third-order valence-corrected chi connectivity index (χ3v) is 3.06. The fourth-order valence-electron chi connectivity index (χ4n) is 2.03. The summed E-state index contributed by atoms with van der Waals surface area (Å²) in [6.45, 7) is 6.47.